The van der Waals surface area contributed by atoms with Crippen LogP contribution in [0.25, 0.3) is 0 Å². The molecule has 0 spiro atoms. The quantitative estimate of drug-likeness (QED) is 0.764. The summed E-state index contributed by atoms with van der Waals surface area (Å²) in [6, 6.07) is 5.68. The predicted molar refractivity (Wildman–Crippen MR) is 53.5 cm³/mol. The zero-order chi connectivity index (χ0) is 11.3. The summed E-state index contributed by atoms with van der Waals surface area (Å²) in [5.41, 5.74) is 0.724. The van der Waals surface area contributed by atoms with Crippen molar-refractivity contribution in [2.24, 2.45) is 0 Å². The van der Waals surface area contributed by atoms with Crippen LogP contribution in [0.5, 0.6) is 0 Å². The van der Waals surface area contributed by atoms with Gasteiger partial charge in [-0.05, 0) is 5.56 Å². The Bertz CT molecular complexity index is 325. The molecule has 0 unspecified atom stereocenters. The van der Waals surface area contributed by atoms with Crippen molar-refractivity contribution in [3.63, 3.8) is 0 Å². The lowest BCUT2D eigenvalue weighted by Crippen LogP contribution is -2.41. The van der Waals surface area contributed by atoms with Crippen LogP contribution in [0.4, 0.5) is 8.78 Å². The largest absolute Gasteiger partial charge is 0.325 e. The summed E-state index contributed by atoms with van der Waals surface area (Å²) in [5.74, 6) is -0.659. The molecule has 82 valence electrons. The van der Waals surface area contributed by atoms with Crippen molar-refractivity contribution < 1.29 is 13.6 Å². The van der Waals surface area contributed by atoms with E-state index in [2.05, 4.69) is 0 Å². The molecule has 0 aliphatic rings. The fourth-order valence-corrected chi connectivity index (χ4v) is 1.12. The summed E-state index contributed by atoms with van der Waals surface area (Å²) >= 11 is 0. The first-order chi connectivity index (χ1) is 7.03. The van der Waals surface area contributed by atoms with E-state index >= 15 is 0 Å². The Hall–Kier alpha value is -1.45. The van der Waals surface area contributed by atoms with Crippen molar-refractivity contribution in [3.05, 3.63) is 35.9 Å². The SMILES string of the molecule is CCC(F)(F)NC(=O)Cc1ccccc1. The first-order valence-corrected chi connectivity index (χ1v) is 4.76. The molecule has 0 aliphatic heterocycles. The van der Waals surface area contributed by atoms with Crippen LogP contribution in [0.3, 0.4) is 0 Å². The number of hydrogen-bond acceptors (Lipinski definition) is 1. The second-order valence-corrected chi connectivity index (χ2v) is 3.27. The van der Waals surface area contributed by atoms with Gasteiger partial charge in [0.2, 0.25) is 5.91 Å². The van der Waals surface area contributed by atoms with Crippen LogP contribution < -0.4 is 5.32 Å². The highest BCUT2D eigenvalue weighted by Gasteiger charge is 2.27. The molecular weight excluding hydrogens is 200 g/mol. The second kappa shape index (κ2) is 4.87. The summed E-state index contributed by atoms with van der Waals surface area (Å²) in [6.07, 6.45) is -0.413. The molecule has 0 atom stereocenters. The fourth-order valence-electron chi connectivity index (χ4n) is 1.12. The maximum Gasteiger partial charge on any atom is 0.325 e. The summed E-state index contributed by atoms with van der Waals surface area (Å²) < 4.78 is 25.5. The van der Waals surface area contributed by atoms with Crippen LogP contribution in [0.2, 0.25) is 0 Å². The summed E-state index contributed by atoms with van der Waals surface area (Å²) in [7, 11) is 0. The van der Waals surface area contributed by atoms with Gasteiger partial charge in [-0.25, -0.2) is 0 Å². The highest BCUT2D eigenvalue weighted by molar-refractivity contribution is 5.78. The molecule has 0 saturated carbocycles. The minimum atomic E-state index is -3.11. The van der Waals surface area contributed by atoms with Gasteiger partial charge in [-0.1, -0.05) is 37.3 Å². The van der Waals surface area contributed by atoms with Crippen LogP contribution in [0.1, 0.15) is 18.9 Å². The molecule has 1 N–H and O–H groups in total. The topological polar surface area (TPSA) is 29.1 Å². The van der Waals surface area contributed by atoms with E-state index in [1.807, 2.05) is 6.07 Å². The van der Waals surface area contributed by atoms with Crippen LogP contribution in [0, 0.1) is 0 Å². The molecule has 2 nitrogen and oxygen atoms in total. The Morgan fingerprint density at radius 2 is 1.93 bits per heavy atom. The first-order valence-electron chi connectivity index (χ1n) is 4.76. The van der Waals surface area contributed by atoms with E-state index in [9.17, 15) is 13.6 Å². The average molecular weight is 213 g/mol. The first kappa shape index (κ1) is 11.6. The van der Waals surface area contributed by atoms with Gasteiger partial charge in [0.15, 0.2) is 0 Å². The molecular formula is C11H13F2NO. The van der Waals surface area contributed by atoms with E-state index in [1.165, 1.54) is 6.92 Å². The van der Waals surface area contributed by atoms with Crippen LogP contribution in [0.15, 0.2) is 30.3 Å². The van der Waals surface area contributed by atoms with E-state index in [0.717, 1.165) is 5.56 Å². The summed E-state index contributed by atoms with van der Waals surface area (Å²) in [4.78, 5) is 11.2. The fraction of sp³-hybridized carbons (Fsp3) is 0.364. The third-order valence-electron chi connectivity index (χ3n) is 1.97. The predicted octanol–water partition coefficient (Wildman–Crippen LogP) is 2.35. The molecule has 0 bridgehead atoms. The average Bonchev–Trinajstić information content (AvgIpc) is 2.18. The number of benzene rings is 1. The third-order valence-corrected chi connectivity index (χ3v) is 1.97. The number of carbonyl (C=O) groups excluding carboxylic acids is 1. The van der Waals surface area contributed by atoms with Crippen LogP contribution >= 0.6 is 0 Å². The van der Waals surface area contributed by atoms with E-state index in [0.29, 0.717) is 0 Å². The molecule has 0 radical (unpaired) electrons. The highest BCUT2D eigenvalue weighted by Crippen LogP contribution is 2.13. The molecule has 1 amide bonds. The van der Waals surface area contributed by atoms with Crippen molar-refractivity contribution in [2.75, 3.05) is 0 Å². The standard InChI is InChI=1S/C11H13F2NO/c1-2-11(12,13)14-10(15)8-9-6-4-3-5-7-9/h3-7H,2,8H2,1H3,(H,14,15). The smallest absolute Gasteiger partial charge is 0.297 e. The van der Waals surface area contributed by atoms with Gasteiger partial charge in [0.05, 0.1) is 6.42 Å². The minimum absolute atomic E-state index is 0.0174. The molecule has 15 heavy (non-hydrogen) atoms. The normalized spacial score (nSPS) is 11.1. The van der Waals surface area contributed by atoms with Gasteiger partial charge in [-0.3, -0.25) is 10.1 Å². The molecule has 1 rings (SSSR count). The molecule has 0 fully saturated rings. The molecule has 1 aromatic rings. The summed E-state index contributed by atoms with van der Waals surface area (Å²) in [5, 5.41) is 1.68. The second-order valence-electron chi connectivity index (χ2n) is 3.27. The number of hydrogen-bond donors (Lipinski definition) is 1. The van der Waals surface area contributed by atoms with E-state index in [1.54, 1.807) is 29.6 Å². The minimum Gasteiger partial charge on any atom is -0.297 e. The van der Waals surface area contributed by atoms with Gasteiger partial charge < -0.3 is 0 Å². The number of carbonyl (C=O) groups is 1. The summed E-state index contributed by atoms with van der Waals surface area (Å²) in [6.45, 7) is 1.32. The lowest BCUT2D eigenvalue weighted by molar-refractivity contribution is -0.132. The van der Waals surface area contributed by atoms with Crippen LogP contribution in [-0.2, 0) is 11.2 Å². The monoisotopic (exact) mass is 213 g/mol. The van der Waals surface area contributed by atoms with E-state index in [-0.39, 0.29) is 6.42 Å². The molecule has 4 heteroatoms. The Kier molecular flexibility index (Phi) is 3.77. The molecule has 1 aromatic carbocycles. The number of amides is 1. The Morgan fingerprint density at radius 3 is 2.47 bits per heavy atom. The maximum atomic E-state index is 12.8. The van der Waals surface area contributed by atoms with Crippen molar-refractivity contribution in [3.8, 4) is 0 Å². The molecule has 0 heterocycles. The van der Waals surface area contributed by atoms with Gasteiger partial charge in [-0.15, -0.1) is 0 Å². The number of nitrogens with one attached hydrogen (secondary N) is 1. The third kappa shape index (κ3) is 4.06. The van der Waals surface area contributed by atoms with Gasteiger partial charge in [0.25, 0.3) is 0 Å². The number of halogens is 2. The zero-order valence-corrected chi connectivity index (χ0v) is 8.47. The van der Waals surface area contributed by atoms with Gasteiger partial charge >= 0.3 is 6.05 Å². The lowest BCUT2D eigenvalue weighted by Gasteiger charge is -2.15. The van der Waals surface area contributed by atoms with Gasteiger partial charge in [0.1, 0.15) is 0 Å². The van der Waals surface area contributed by atoms with Crippen LogP contribution in [-0.4, -0.2) is 12.0 Å². The van der Waals surface area contributed by atoms with Gasteiger partial charge in [-0.2, -0.15) is 8.78 Å². The van der Waals surface area contributed by atoms with Crippen molar-refractivity contribution in [1.82, 2.24) is 5.32 Å². The van der Waals surface area contributed by atoms with E-state index in [4.69, 9.17) is 0 Å². The zero-order valence-electron chi connectivity index (χ0n) is 8.47. The van der Waals surface area contributed by atoms with Crippen molar-refractivity contribution in [1.29, 1.82) is 0 Å². The van der Waals surface area contributed by atoms with Crippen molar-refractivity contribution in [2.45, 2.75) is 25.8 Å². The lowest BCUT2D eigenvalue weighted by atomic mass is 10.1. The Balaban J connectivity index is 2.51. The maximum absolute atomic E-state index is 12.8. The molecule has 0 saturated heterocycles. The Labute approximate surface area is 87.3 Å². The number of rotatable bonds is 4. The van der Waals surface area contributed by atoms with Crippen molar-refractivity contribution >= 4 is 5.91 Å². The van der Waals surface area contributed by atoms with E-state index < -0.39 is 18.4 Å². The Morgan fingerprint density at radius 1 is 1.33 bits per heavy atom. The molecule has 0 aromatic heterocycles. The van der Waals surface area contributed by atoms with Gasteiger partial charge in [0, 0.05) is 6.42 Å². The number of alkyl halides is 2. The molecule has 0 aliphatic carbocycles. The highest BCUT2D eigenvalue weighted by atomic mass is 19.3.